The molecule has 3 nitrogen and oxygen atoms in total. The van der Waals surface area contributed by atoms with Gasteiger partial charge in [-0.25, -0.2) is 4.98 Å². The number of nitrogens with one attached hydrogen (secondary N) is 1. The number of hydrogen-bond acceptors (Lipinski definition) is 3. The lowest BCUT2D eigenvalue weighted by Gasteiger charge is -2.11. The highest BCUT2D eigenvalue weighted by molar-refractivity contribution is 9.10. The molecule has 1 aliphatic carbocycles. The highest BCUT2D eigenvalue weighted by atomic mass is 79.9. The summed E-state index contributed by atoms with van der Waals surface area (Å²) in [7, 11) is 0. The molecule has 0 saturated heterocycles. The number of pyridine rings is 1. The lowest BCUT2D eigenvalue weighted by molar-refractivity contribution is 0.573. The van der Waals surface area contributed by atoms with Gasteiger partial charge in [-0.2, -0.15) is 0 Å². The topological polar surface area (TPSA) is 50.9 Å². The van der Waals surface area contributed by atoms with Crippen LogP contribution in [-0.2, 0) is 0 Å². The summed E-state index contributed by atoms with van der Waals surface area (Å²) in [6.07, 6.45) is 3.01. The van der Waals surface area contributed by atoms with Gasteiger partial charge in [0.05, 0.1) is 16.4 Å². The first kappa shape index (κ1) is 11.7. The minimum Gasteiger partial charge on any atom is -0.397 e. The van der Waals surface area contributed by atoms with Gasteiger partial charge in [0.15, 0.2) is 0 Å². The van der Waals surface area contributed by atoms with Gasteiger partial charge in [-0.15, -0.1) is 0 Å². The van der Waals surface area contributed by atoms with Crippen molar-refractivity contribution in [3.8, 4) is 0 Å². The summed E-state index contributed by atoms with van der Waals surface area (Å²) in [5.41, 5.74) is 8.06. The Morgan fingerprint density at radius 3 is 2.81 bits per heavy atom. The Balaban J connectivity index is 2.03. The molecule has 1 heterocycles. The molecular formula is C12H18BrN3. The number of halogens is 1. The highest BCUT2D eigenvalue weighted by Crippen LogP contribution is 2.51. The average Bonchev–Trinajstić information content (AvgIpc) is 2.82. The molecule has 3 N–H and O–H groups in total. The normalized spacial score (nSPS) is 21.9. The van der Waals surface area contributed by atoms with Gasteiger partial charge in [0, 0.05) is 6.54 Å². The van der Waals surface area contributed by atoms with Crippen LogP contribution in [0.2, 0.25) is 0 Å². The first-order valence-electron chi connectivity index (χ1n) is 5.56. The minimum absolute atomic E-state index is 0.502. The zero-order valence-corrected chi connectivity index (χ0v) is 11.6. The molecule has 0 aromatic carbocycles. The van der Waals surface area contributed by atoms with Crippen LogP contribution in [0.5, 0.6) is 0 Å². The van der Waals surface area contributed by atoms with Crippen LogP contribution in [0.4, 0.5) is 11.5 Å². The van der Waals surface area contributed by atoms with Gasteiger partial charge in [-0.1, -0.05) is 13.8 Å². The third-order valence-corrected chi connectivity index (χ3v) is 4.51. The van der Waals surface area contributed by atoms with Gasteiger partial charge >= 0.3 is 0 Å². The van der Waals surface area contributed by atoms with Crippen molar-refractivity contribution in [1.82, 2.24) is 4.98 Å². The molecular weight excluding hydrogens is 266 g/mol. The van der Waals surface area contributed by atoms with Crippen LogP contribution in [0.3, 0.4) is 0 Å². The number of aromatic nitrogens is 1. The fourth-order valence-electron chi connectivity index (χ4n) is 1.86. The summed E-state index contributed by atoms with van der Waals surface area (Å²) in [5, 5.41) is 3.38. The molecule has 16 heavy (non-hydrogen) atoms. The Morgan fingerprint density at radius 1 is 1.62 bits per heavy atom. The monoisotopic (exact) mass is 283 g/mol. The standard InChI is InChI=1S/C12H18BrN3/c1-7-9(14)6-16-11(10(7)13)15-5-8-4-12(8,2)3/h6,8H,4-5,14H2,1-3H3,(H,15,16). The molecule has 1 saturated carbocycles. The molecule has 0 bridgehead atoms. The molecule has 1 fully saturated rings. The SMILES string of the molecule is Cc1c(N)cnc(NCC2CC2(C)C)c1Br. The minimum atomic E-state index is 0.502. The largest absolute Gasteiger partial charge is 0.397 e. The average molecular weight is 284 g/mol. The lowest BCUT2D eigenvalue weighted by atomic mass is 10.1. The number of hydrogen-bond donors (Lipinski definition) is 2. The van der Waals surface area contributed by atoms with E-state index in [9.17, 15) is 0 Å². The van der Waals surface area contributed by atoms with Crippen molar-refractivity contribution in [3.05, 3.63) is 16.2 Å². The van der Waals surface area contributed by atoms with Crippen molar-refractivity contribution in [2.24, 2.45) is 11.3 Å². The molecule has 1 atom stereocenters. The molecule has 1 aliphatic rings. The van der Waals surface area contributed by atoms with Crippen LogP contribution in [0.15, 0.2) is 10.7 Å². The Hall–Kier alpha value is -0.770. The van der Waals surface area contributed by atoms with Crippen LogP contribution < -0.4 is 11.1 Å². The third kappa shape index (κ3) is 2.17. The van der Waals surface area contributed by atoms with E-state index in [2.05, 4.69) is 40.1 Å². The Kier molecular flexibility index (Phi) is 2.86. The predicted octanol–water partition coefficient (Wildman–Crippen LogP) is 3.19. The highest BCUT2D eigenvalue weighted by Gasteiger charge is 2.45. The molecule has 0 aliphatic heterocycles. The third-order valence-electron chi connectivity index (χ3n) is 3.54. The summed E-state index contributed by atoms with van der Waals surface area (Å²) in [6, 6.07) is 0. The van der Waals surface area contributed by atoms with E-state index in [1.54, 1.807) is 6.20 Å². The number of rotatable bonds is 3. The number of anilines is 2. The summed E-state index contributed by atoms with van der Waals surface area (Å²) >= 11 is 3.53. The van der Waals surface area contributed by atoms with Crippen LogP contribution in [0.1, 0.15) is 25.8 Å². The molecule has 1 aromatic rings. The fraction of sp³-hybridized carbons (Fsp3) is 0.583. The molecule has 0 radical (unpaired) electrons. The second-order valence-corrected chi connectivity index (χ2v) is 6.06. The predicted molar refractivity (Wildman–Crippen MR) is 71.5 cm³/mol. The lowest BCUT2D eigenvalue weighted by Crippen LogP contribution is -2.09. The second-order valence-electron chi connectivity index (χ2n) is 5.27. The number of nitrogens with zero attached hydrogens (tertiary/aromatic N) is 1. The first-order valence-corrected chi connectivity index (χ1v) is 6.35. The molecule has 0 spiro atoms. The number of nitrogen functional groups attached to an aromatic ring is 1. The smallest absolute Gasteiger partial charge is 0.140 e. The summed E-state index contributed by atoms with van der Waals surface area (Å²) in [5.74, 6) is 1.66. The first-order chi connectivity index (χ1) is 7.42. The molecule has 1 unspecified atom stereocenters. The van der Waals surface area contributed by atoms with E-state index in [4.69, 9.17) is 5.73 Å². The molecule has 0 amide bonds. The number of nitrogens with two attached hydrogens (primary N) is 1. The van der Waals surface area contributed by atoms with Crippen LogP contribution >= 0.6 is 15.9 Å². The molecule has 1 aromatic heterocycles. The van der Waals surface area contributed by atoms with Crippen molar-refractivity contribution in [3.63, 3.8) is 0 Å². The van der Waals surface area contributed by atoms with E-state index in [0.717, 1.165) is 34.0 Å². The summed E-state index contributed by atoms with van der Waals surface area (Å²) in [4.78, 5) is 4.30. The zero-order chi connectivity index (χ0) is 11.9. The van der Waals surface area contributed by atoms with Gasteiger partial charge in [-0.05, 0) is 46.2 Å². The Labute approximate surface area is 105 Å². The molecule has 88 valence electrons. The van der Waals surface area contributed by atoms with E-state index in [1.807, 2.05) is 6.92 Å². The van der Waals surface area contributed by atoms with Crippen LogP contribution in [-0.4, -0.2) is 11.5 Å². The van der Waals surface area contributed by atoms with E-state index in [0.29, 0.717) is 5.41 Å². The Bertz CT molecular complexity index is 415. The van der Waals surface area contributed by atoms with Gasteiger partial charge in [0.25, 0.3) is 0 Å². The zero-order valence-electron chi connectivity index (χ0n) is 9.97. The van der Waals surface area contributed by atoms with Crippen LogP contribution in [0, 0.1) is 18.3 Å². The van der Waals surface area contributed by atoms with Crippen molar-refractivity contribution in [2.75, 3.05) is 17.6 Å². The molecule has 4 heteroatoms. The van der Waals surface area contributed by atoms with Crippen molar-refractivity contribution >= 4 is 27.4 Å². The maximum absolute atomic E-state index is 5.78. The van der Waals surface area contributed by atoms with Crippen molar-refractivity contribution in [2.45, 2.75) is 27.2 Å². The summed E-state index contributed by atoms with van der Waals surface area (Å²) in [6.45, 7) is 7.58. The quantitative estimate of drug-likeness (QED) is 0.896. The fourth-order valence-corrected chi connectivity index (χ4v) is 2.33. The van der Waals surface area contributed by atoms with Gasteiger partial charge < -0.3 is 11.1 Å². The van der Waals surface area contributed by atoms with E-state index >= 15 is 0 Å². The van der Waals surface area contributed by atoms with Gasteiger partial charge in [0.2, 0.25) is 0 Å². The van der Waals surface area contributed by atoms with Gasteiger partial charge in [0.1, 0.15) is 5.82 Å². The van der Waals surface area contributed by atoms with Crippen LogP contribution in [0.25, 0.3) is 0 Å². The summed E-state index contributed by atoms with van der Waals surface area (Å²) < 4.78 is 0.978. The van der Waals surface area contributed by atoms with E-state index in [1.165, 1.54) is 6.42 Å². The second kappa shape index (κ2) is 3.91. The molecule has 2 rings (SSSR count). The van der Waals surface area contributed by atoms with E-state index < -0.39 is 0 Å². The van der Waals surface area contributed by atoms with Gasteiger partial charge in [-0.3, -0.25) is 0 Å². The van der Waals surface area contributed by atoms with E-state index in [-0.39, 0.29) is 0 Å². The van der Waals surface area contributed by atoms with Crippen molar-refractivity contribution in [1.29, 1.82) is 0 Å². The van der Waals surface area contributed by atoms with Crippen molar-refractivity contribution < 1.29 is 0 Å². The Morgan fingerprint density at radius 2 is 2.25 bits per heavy atom. The maximum atomic E-state index is 5.78. The maximum Gasteiger partial charge on any atom is 0.140 e.